The van der Waals surface area contributed by atoms with E-state index in [-0.39, 0.29) is 5.54 Å². The molecule has 4 nitrogen and oxygen atoms in total. The predicted octanol–water partition coefficient (Wildman–Crippen LogP) is 4.81. The molecule has 2 rings (SSSR count). The van der Waals surface area contributed by atoms with E-state index < -0.39 is 0 Å². The molecule has 0 atom stereocenters. The van der Waals surface area contributed by atoms with Gasteiger partial charge in [0.25, 0.3) is 0 Å². The number of aryl methyl sites for hydroxylation is 2. The molecule has 1 aromatic heterocycles. The molecular formula is C16H21BrN4. The van der Waals surface area contributed by atoms with Gasteiger partial charge in [-0.25, -0.2) is 4.98 Å². The highest BCUT2D eigenvalue weighted by atomic mass is 79.9. The van der Waals surface area contributed by atoms with Crippen LogP contribution in [-0.2, 0) is 0 Å². The van der Waals surface area contributed by atoms with Gasteiger partial charge in [-0.05, 0) is 52.3 Å². The van der Waals surface area contributed by atoms with E-state index in [1.165, 1.54) is 5.56 Å². The first-order valence-electron chi connectivity index (χ1n) is 6.90. The average Bonchev–Trinajstić information content (AvgIpc) is 2.31. The van der Waals surface area contributed by atoms with Gasteiger partial charge in [0, 0.05) is 27.5 Å². The fourth-order valence-corrected chi connectivity index (χ4v) is 2.25. The topological polar surface area (TPSA) is 49.8 Å². The molecule has 0 aliphatic carbocycles. The average molecular weight is 349 g/mol. The van der Waals surface area contributed by atoms with Crippen LogP contribution >= 0.6 is 15.9 Å². The molecule has 112 valence electrons. The van der Waals surface area contributed by atoms with Gasteiger partial charge in [0.05, 0.1) is 0 Å². The van der Waals surface area contributed by atoms with Crippen molar-refractivity contribution in [1.29, 1.82) is 0 Å². The highest BCUT2D eigenvalue weighted by Crippen LogP contribution is 2.23. The third-order valence-electron chi connectivity index (χ3n) is 2.79. The van der Waals surface area contributed by atoms with Crippen molar-refractivity contribution >= 4 is 33.4 Å². The van der Waals surface area contributed by atoms with E-state index >= 15 is 0 Å². The van der Waals surface area contributed by atoms with Gasteiger partial charge in [-0.15, -0.1) is 0 Å². The van der Waals surface area contributed by atoms with E-state index in [0.717, 1.165) is 21.7 Å². The molecule has 5 heteroatoms. The van der Waals surface area contributed by atoms with Crippen molar-refractivity contribution in [3.05, 3.63) is 40.0 Å². The van der Waals surface area contributed by atoms with Gasteiger partial charge in [0.15, 0.2) is 0 Å². The van der Waals surface area contributed by atoms with Gasteiger partial charge in [0.1, 0.15) is 5.82 Å². The molecule has 0 aliphatic heterocycles. The van der Waals surface area contributed by atoms with E-state index in [9.17, 15) is 0 Å². The minimum Gasteiger partial charge on any atom is -0.365 e. The van der Waals surface area contributed by atoms with Crippen molar-refractivity contribution in [2.24, 2.45) is 0 Å². The highest BCUT2D eigenvalue weighted by Gasteiger charge is 2.11. The second-order valence-electron chi connectivity index (χ2n) is 6.18. The van der Waals surface area contributed by atoms with Crippen LogP contribution in [0.2, 0.25) is 0 Å². The summed E-state index contributed by atoms with van der Waals surface area (Å²) in [4.78, 5) is 8.95. The molecular weight excluding hydrogens is 328 g/mol. The third kappa shape index (κ3) is 4.70. The summed E-state index contributed by atoms with van der Waals surface area (Å²) in [5.74, 6) is 1.42. The van der Waals surface area contributed by atoms with Crippen LogP contribution in [0.15, 0.2) is 28.7 Å². The maximum Gasteiger partial charge on any atom is 0.229 e. The maximum absolute atomic E-state index is 4.52. The van der Waals surface area contributed by atoms with Crippen molar-refractivity contribution in [3.8, 4) is 0 Å². The predicted molar refractivity (Wildman–Crippen MR) is 92.3 cm³/mol. The Hall–Kier alpha value is -1.62. The molecule has 0 bridgehead atoms. The Morgan fingerprint density at radius 3 is 2.38 bits per heavy atom. The molecule has 1 heterocycles. The van der Waals surface area contributed by atoms with Crippen LogP contribution in [0.1, 0.15) is 32.0 Å². The summed E-state index contributed by atoms with van der Waals surface area (Å²) < 4.78 is 1.06. The smallest absolute Gasteiger partial charge is 0.229 e. The maximum atomic E-state index is 4.52. The second-order valence-corrected chi connectivity index (χ2v) is 7.04. The van der Waals surface area contributed by atoms with Gasteiger partial charge < -0.3 is 10.6 Å². The number of anilines is 3. The Kier molecular flexibility index (Phi) is 4.52. The van der Waals surface area contributed by atoms with E-state index in [1.807, 2.05) is 25.1 Å². The molecule has 0 saturated heterocycles. The standard InChI is InChI=1S/C16H21BrN4/c1-10-6-7-12(9-13(10)17)19-15-18-11(2)8-14(20-15)21-16(3,4)5/h6-9H,1-5H3,(H2,18,19,20,21). The second kappa shape index (κ2) is 6.02. The van der Waals surface area contributed by atoms with E-state index in [1.54, 1.807) is 0 Å². The molecule has 0 unspecified atom stereocenters. The number of nitrogens with one attached hydrogen (secondary N) is 2. The summed E-state index contributed by atoms with van der Waals surface area (Å²) in [7, 11) is 0. The fourth-order valence-electron chi connectivity index (χ4n) is 1.87. The van der Waals surface area contributed by atoms with Crippen molar-refractivity contribution in [3.63, 3.8) is 0 Å². The monoisotopic (exact) mass is 348 g/mol. The zero-order chi connectivity index (χ0) is 15.6. The largest absolute Gasteiger partial charge is 0.365 e. The summed E-state index contributed by atoms with van der Waals surface area (Å²) in [5, 5.41) is 6.61. The molecule has 1 aromatic carbocycles. The van der Waals surface area contributed by atoms with Crippen LogP contribution in [0.25, 0.3) is 0 Å². The van der Waals surface area contributed by atoms with Crippen molar-refractivity contribution in [1.82, 2.24) is 9.97 Å². The summed E-state index contributed by atoms with van der Waals surface area (Å²) in [6, 6.07) is 8.04. The Morgan fingerprint density at radius 2 is 1.76 bits per heavy atom. The Balaban J connectivity index is 2.25. The van der Waals surface area contributed by atoms with E-state index in [0.29, 0.717) is 5.95 Å². The van der Waals surface area contributed by atoms with Crippen molar-refractivity contribution < 1.29 is 0 Å². The number of hydrogen-bond acceptors (Lipinski definition) is 4. The lowest BCUT2D eigenvalue weighted by Crippen LogP contribution is -2.27. The van der Waals surface area contributed by atoms with Gasteiger partial charge in [0.2, 0.25) is 5.95 Å². The zero-order valence-corrected chi connectivity index (χ0v) is 14.7. The molecule has 0 radical (unpaired) electrons. The van der Waals surface area contributed by atoms with Crippen LogP contribution in [0.5, 0.6) is 0 Å². The first kappa shape index (κ1) is 15.8. The lowest BCUT2D eigenvalue weighted by molar-refractivity contribution is 0.630. The lowest BCUT2D eigenvalue weighted by atomic mass is 10.1. The minimum absolute atomic E-state index is 0.0368. The molecule has 2 aromatic rings. The number of hydrogen-bond donors (Lipinski definition) is 2. The number of nitrogens with zero attached hydrogens (tertiary/aromatic N) is 2. The van der Waals surface area contributed by atoms with Crippen LogP contribution in [0.4, 0.5) is 17.5 Å². The number of rotatable bonds is 3. The van der Waals surface area contributed by atoms with Crippen molar-refractivity contribution in [2.75, 3.05) is 10.6 Å². The third-order valence-corrected chi connectivity index (χ3v) is 3.64. The summed E-state index contributed by atoms with van der Waals surface area (Å²) >= 11 is 3.53. The van der Waals surface area contributed by atoms with Crippen LogP contribution in [-0.4, -0.2) is 15.5 Å². The van der Waals surface area contributed by atoms with E-state index in [2.05, 4.69) is 70.3 Å². The molecule has 21 heavy (non-hydrogen) atoms. The molecule has 0 amide bonds. The molecule has 0 aliphatic rings. The normalized spacial score (nSPS) is 11.3. The van der Waals surface area contributed by atoms with Crippen LogP contribution in [0.3, 0.4) is 0 Å². The van der Waals surface area contributed by atoms with E-state index in [4.69, 9.17) is 0 Å². The summed E-state index contributed by atoms with van der Waals surface area (Å²) in [6.45, 7) is 10.3. The molecule has 0 spiro atoms. The summed E-state index contributed by atoms with van der Waals surface area (Å²) in [6.07, 6.45) is 0. The zero-order valence-electron chi connectivity index (χ0n) is 13.1. The SMILES string of the molecule is Cc1cc(NC(C)(C)C)nc(Nc2ccc(C)c(Br)c2)n1. The van der Waals surface area contributed by atoms with Gasteiger partial charge in [-0.2, -0.15) is 4.98 Å². The van der Waals surface area contributed by atoms with Crippen molar-refractivity contribution in [2.45, 2.75) is 40.2 Å². The Bertz CT molecular complexity index is 647. The van der Waals surface area contributed by atoms with Gasteiger partial charge in [-0.1, -0.05) is 22.0 Å². The van der Waals surface area contributed by atoms with Crippen LogP contribution in [0, 0.1) is 13.8 Å². The Morgan fingerprint density at radius 1 is 1.05 bits per heavy atom. The minimum atomic E-state index is -0.0368. The lowest BCUT2D eigenvalue weighted by Gasteiger charge is -2.21. The van der Waals surface area contributed by atoms with Gasteiger partial charge in [-0.3, -0.25) is 0 Å². The summed E-state index contributed by atoms with van der Waals surface area (Å²) in [5.41, 5.74) is 3.04. The fraction of sp³-hybridized carbons (Fsp3) is 0.375. The molecule has 0 fully saturated rings. The first-order chi connectivity index (χ1) is 9.73. The van der Waals surface area contributed by atoms with Crippen LogP contribution < -0.4 is 10.6 Å². The number of aromatic nitrogens is 2. The highest BCUT2D eigenvalue weighted by molar-refractivity contribution is 9.10. The number of benzene rings is 1. The quantitative estimate of drug-likeness (QED) is 0.835. The number of halogens is 1. The first-order valence-corrected chi connectivity index (χ1v) is 7.69. The molecule has 2 N–H and O–H groups in total. The Labute approximate surface area is 134 Å². The molecule has 0 saturated carbocycles. The van der Waals surface area contributed by atoms with Gasteiger partial charge >= 0.3 is 0 Å².